The lowest BCUT2D eigenvalue weighted by Crippen LogP contribution is -2.41. The summed E-state index contributed by atoms with van der Waals surface area (Å²) < 4.78 is 4.32. The molecule has 0 aromatic carbocycles. The Morgan fingerprint density at radius 1 is 1.54 bits per heavy atom. The minimum atomic E-state index is -0.810. The Hall–Kier alpha value is -0.710. The van der Waals surface area contributed by atoms with Crippen molar-refractivity contribution in [1.82, 2.24) is 4.90 Å². The third-order valence-corrected chi connectivity index (χ3v) is 2.57. The van der Waals surface area contributed by atoms with Gasteiger partial charge in [0.05, 0.1) is 7.11 Å². The van der Waals surface area contributed by atoms with Crippen molar-refractivity contribution in [1.29, 1.82) is 0 Å². The predicted octanol–water partition coefficient (Wildman–Crippen LogP) is 0.369. The molecule has 0 aromatic rings. The summed E-state index contributed by atoms with van der Waals surface area (Å²) in [6, 6.07) is 0.0431. The molecule has 1 atom stereocenters. The summed E-state index contributed by atoms with van der Waals surface area (Å²) >= 11 is 1.63. The van der Waals surface area contributed by atoms with E-state index in [4.69, 9.17) is 0 Å². The van der Waals surface area contributed by atoms with Crippen molar-refractivity contribution in [2.75, 3.05) is 26.2 Å². The fourth-order valence-electron chi connectivity index (χ4n) is 0.784. The first-order valence-electron chi connectivity index (χ1n) is 3.88. The highest BCUT2D eigenvalue weighted by Gasteiger charge is 2.22. The van der Waals surface area contributed by atoms with E-state index >= 15 is 0 Å². The third kappa shape index (κ3) is 3.67. The van der Waals surface area contributed by atoms with Crippen molar-refractivity contribution in [3.05, 3.63) is 0 Å². The fraction of sp³-hybridized carbons (Fsp3) is 0.750. The van der Waals surface area contributed by atoms with Crippen LogP contribution in [-0.4, -0.2) is 49.0 Å². The molecule has 5 heteroatoms. The number of hydrogen-bond donors (Lipinski definition) is 0. The molecule has 1 unspecified atom stereocenters. The minimum Gasteiger partial charge on any atom is -0.462 e. The van der Waals surface area contributed by atoms with Crippen LogP contribution in [0, 0.1) is 0 Å². The van der Waals surface area contributed by atoms with Gasteiger partial charge < -0.3 is 9.64 Å². The van der Waals surface area contributed by atoms with E-state index in [0.717, 1.165) is 5.75 Å². The van der Waals surface area contributed by atoms with Crippen LogP contribution in [0.3, 0.4) is 0 Å². The molecule has 0 heterocycles. The Kier molecular flexibility index (Phi) is 5.53. The number of thioether (sulfide) groups is 1. The second kappa shape index (κ2) is 5.85. The SMILES string of the molecule is COC(=O)C(=O)N(C)C(C)CSC. The van der Waals surface area contributed by atoms with E-state index in [2.05, 4.69) is 4.74 Å². The molecule has 0 aliphatic heterocycles. The number of hydrogen-bond acceptors (Lipinski definition) is 4. The van der Waals surface area contributed by atoms with Crippen molar-refractivity contribution in [2.24, 2.45) is 0 Å². The fourth-order valence-corrected chi connectivity index (χ4v) is 1.49. The first-order chi connectivity index (χ1) is 6.04. The van der Waals surface area contributed by atoms with Gasteiger partial charge in [-0.1, -0.05) is 0 Å². The normalized spacial score (nSPS) is 12.0. The van der Waals surface area contributed by atoms with Gasteiger partial charge in [-0.05, 0) is 13.2 Å². The van der Waals surface area contributed by atoms with E-state index < -0.39 is 11.9 Å². The summed E-state index contributed by atoms with van der Waals surface area (Å²) in [5, 5.41) is 0. The molecule has 0 aliphatic carbocycles. The molecule has 0 spiro atoms. The van der Waals surface area contributed by atoms with Crippen molar-refractivity contribution < 1.29 is 14.3 Å². The van der Waals surface area contributed by atoms with Gasteiger partial charge in [-0.15, -0.1) is 0 Å². The topological polar surface area (TPSA) is 46.6 Å². The second-order valence-corrected chi connectivity index (χ2v) is 3.62. The molecule has 0 fully saturated rings. The van der Waals surface area contributed by atoms with Crippen molar-refractivity contribution in [3.63, 3.8) is 0 Å². The van der Waals surface area contributed by atoms with Gasteiger partial charge in [-0.25, -0.2) is 4.79 Å². The average Bonchev–Trinajstić information content (AvgIpc) is 2.14. The van der Waals surface area contributed by atoms with Gasteiger partial charge in [0.25, 0.3) is 0 Å². The molecule has 0 bridgehead atoms. The van der Waals surface area contributed by atoms with E-state index in [0.29, 0.717) is 0 Å². The van der Waals surface area contributed by atoms with Crippen LogP contribution in [0.15, 0.2) is 0 Å². The molecular formula is C8H15NO3S. The van der Waals surface area contributed by atoms with Crippen LogP contribution in [0.4, 0.5) is 0 Å². The van der Waals surface area contributed by atoms with E-state index in [-0.39, 0.29) is 6.04 Å². The first-order valence-corrected chi connectivity index (χ1v) is 5.28. The summed E-state index contributed by atoms with van der Waals surface area (Å²) in [5.74, 6) is -0.598. The van der Waals surface area contributed by atoms with Crippen LogP contribution in [0.25, 0.3) is 0 Å². The van der Waals surface area contributed by atoms with Gasteiger partial charge in [0, 0.05) is 18.8 Å². The summed E-state index contributed by atoms with van der Waals surface area (Å²) in [5.41, 5.74) is 0. The Bertz CT molecular complexity index is 196. The number of rotatable bonds is 3. The molecule has 13 heavy (non-hydrogen) atoms. The van der Waals surface area contributed by atoms with Gasteiger partial charge in [-0.2, -0.15) is 11.8 Å². The zero-order valence-corrected chi connectivity index (χ0v) is 9.18. The molecule has 0 saturated heterocycles. The van der Waals surface area contributed by atoms with Crippen LogP contribution in [0.5, 0.6) is 0 Å². The molecule has 4 nitrogen and oxygen atoms in total. The van der Waals surface area contributed by atoms with Gasteiger partial charge in [0.1, 0.15) is 0 Å². The van der Waals surface area contributed by atoms with E-state index in [9.17, 15) is 9.59 Å². The summed E-state index contributed by atoms with van der Waals surface area (Å²) in [6.45, 7) is 1.89. The zero-order chi connectivity index (χ0) is 10.4. The summed E-state index contributed by atoms with van der Waals surface area (Å²) in [7, 11) is 2.80. The zero-order valence-electron chi connectivity index (χ0n) is 8.36. The number of likely N-dealkylation sites (N-methyl/N-ethyl adjacent to an activating group) is 1. The standard InChI is InChI=1S/C8H15NO3S/c1-6(5-13-4)9(2)7(10)8(11)12-3/h6H,5H2,1-4H3. The first kappa shape index (κ1) is 12.3. The van der Waals surface area contributed by atoms with Gasteiger partial charge in [0.15, 0.2) is 0 Å². The van der Waals surface area contributed by atoms with Crippen molar-refractivity contribution >= 4 is 23.6 Å². The van der Waals surface area contributed by atoms with Crippen molar-refractivity contribution in [3.8, 4) is 0 Å². The summed E-state index contributed by atoms with van der Waals surface area (Å²) in [4.78, 5) is 23.5. The molecular weight excluding hydrogens is 190 g/mol. The van der Waals surface area contributed by atoms with Crippen LogP contribution in [0.2, 0.25) is 0 Å². The number of methoxy groups -OCH3 is 1. The molecule has 0 aromatic heterocycles. The molecule has 0 N–H and O–H groups in total. The summed E-state index contributed by atoms with van der Waals surface area (Å²) in [6.07, 6.45) is 1.95. The van der Waals surface area contributed by atoms with Crippen molar-refractivity contribution in [2.45, 2.75) is 13.0 Å². The maximum atomic E-state index is 11.2. The third-order valence-electron chi connectivity index (χ3n) is 1.75. The minimum absolute atomic E-state index is 0.0431. The lowest BCUT2D eigenvalue weighted by atomic mass is 10.3. The van der Waals surface area contributed by atoms with Crippen LogP contribution < -0.4 is 0 Å². The number of nitrogens with zero attached hydrogens (tertiary/aromatic N) is 1. The average molecular weight is 205 g/mol. The lowest BCUT2D eigenvalue weighted by Gasteiger charge is -2.22. The highest BCUT2D eigenvalue weighted by atomic mass is 32.2. The predicted molar refractivity (Wildman–Crippen MR) is 52.6 cm³/mol. The van der Waals surface area contributed by atoms with Gasteiger partial charge in [0.2, 0.25) is 0 Å². The smallest absolute Gasteiger partial charge is 0.396 e. The number of carbonyl (C=O) groups excluding carboxylic acids is 2. The molecule has 76 valence electrons. The number of esters is 1. The van der Waals surface area contributed by atoms with Crippen LogP contribution >= 0.6 is 11.8 Å². The van der Waals surface area contributed by atoms with E-state index in [1.165, 1.54) is 12.0 Å². The number of amides is 1. The van der Waals surface area contributed by atoms with Gasteiger partial charge in [-0.3, -0.25) is 4.79 Å². The highest BCUT2D eigenvalue weighted by molar-refractivity contribution is 7.98. The molecule has 0 saturated carbocycles. The molecule has 1 amide bonds. The Morgan fingerprint density at radius 2 is 2.08 bits per heavy atom. The van der Waals surface area contributed by atoms with E-state index in [1.54, 1.807) is 18.8 Å². The largest absolute Gasteiger partial charge is 0.462 e. The van der Waals surface area contributed by atoms with E-state index in [1.807, 2.05) is 13.2 Å². The number of ether oxygens (including phenoxy) is 1. The van der Waals surface area contributed by atoms with Crippen LogP contribution in [0.1, 0.15) is 6.92 Å². The molecule has 0 radical (unpaired) electrons. The quantitative estimate of drug-likeness (QED) is 0.493. The lowest BCUT2D eigenvalue weighted by molar-refractivity contribution is -0.158. The maximum Gasteiger partial charge on any atom is 0.396 e. The van der Waals surface area contributed by atoms with Gasteiger partial charge >= 0.3 is 11.9 Å². The Balaban J connectivity index is 4.16. The highest BCUT2D eigenvalue weighted by Crippen LogP contribution is 2.04. The molecule has 0 aliphatic rings. The maximum absolute atomic E-state index is 11.2. The Morgan fingerprint density at radius 3 is 2.46 bits per heavy atom. The van der Waals surface area contributed by atoms with Crippen LogP contribution in [-0.2, 0) is 14.3 Å². The molecule has 0 rings (SSSR count). The monoisotopic (exact) mass is 205 g/mol. The second-order valence-electron chi connectivity index (χ2n) is 2.71. The number of carbonyl (C=O) groups is 2. The Labute approximate surface area is 82.6 Å².